The van der Waals surface area contributed by atoms with Crippen LogP contribution in [0, 0.1) is 0 Å². The summed E-state index contributed by atoms with van der Waals surface area (Å²) in [6.45, 7) is 2.95. The zero-order valence-electron chi connectivity index (χ0n) is 11.5. The van der Waals surface area contributed by atoms with E-state index in [1.54, 1.807) is 11.3 Å². The van der Waals surface area contributed by atoms with Crippen LogP contribution in [-0.2, 0) is 6.54 Å². The topological polar surface area (TPSA) is 42.1 Å². The van der Waals surface area contributed by atoms with Gasteiger partial charge in [-0.25, -0.2) is 0 Å². The molecule has 2 N–H and O–H groups in total. The highest BCUT2D eigenvalue weighted by Gasteiger charge is 2.23. The highest BCUT2D eigenvalue weighted by molar-refractivity contribution is 7.07. The number of hydrogen-bond donors (Lipinski definition) is 1. The first-order valence-electron chi connectivity index (χ1n) is 6.60. The Morgan fingerprint density at radius 3 is 2.79 bits per heavy atom. The third-order valence-corrected chi connectivity index (χ3v) is 4.08. The molecule has 0 fully saturated rings. The van der Waals surface area contributed by atoms with Crippen molar-refractivity contribution in [1.82, 2.24) is 9.88 Å². The first kappa shape index (κ1) is 14.2. The quantitative estimate of drug-likeness (QED) is 0.881. The molecule has 0 aliphatic rings. The smallest absolute Gasteiger partial charge is 0.0544 e. The van der Waals surface area contributed by atoms with Crippen LogP contribution in [-0.4, -0.2) is 23.0 Å². The molecule has 0 aromatic carbocycles. The van der Waals surface area contributed by atoms with Gasteiger partial charge in [-0.1, -0.05) is 13.0 Å². The average Bonchev–Trinajstić information content (AvgIpc) is 2.93. The molecule has 102 valence electrons. The van der Waals surface area contributed by atoms with Crippen LogP contribution < -0.4 is 5.73 Å². The number of rotatable bonds is 6. The van der Waals surface area contributed by atoms with Crippen molar-refractivity contribution < 1.29 is 0 Å². The number of nitrogens with two attached hydrogens (primary N) is 1. The Morgan fingerprint density at radius 1 is 1.37 bits per heavy atom. The molecular formula is C15H21N3S. The lowest BCUT2D eigenvalue weighted by molar-refractivity contribution is 0.200. The van der Waals surface area contributed by atoms with Crippen molar-refractivity contribution in [2.24, 2.45) is 5.73 Å². The summed E-state index contributed by atoms with van der Waals surface area (Å²) in [6.07, 6.45) is 2.80. The summed E-state index contributed by atoms with van der Waals surface area (Å²) in [7, 11) is 2.12. The standard InChI is InChI=1S/C15H21N3S/c1-3-14(16)15(12-7-9-19-11-12)18(2)10-13-6-4-5-8-17-13/h4-9,11,14-15H,3,10,16H2,1-2H3. The second-order valence-electron chi connectivity index (χ2n) is 4.81. The van der Waals surface area contributed by atoms with E-state index in [4.69, 9.17) is 5.73 Å². The van der Waals surface area contributed by atoms with Gasteiger partial charge in [-0.2, -0.15) is 11.3 Å². The maximum Gasteiger partial charge on any atom is 0.0544 e. The molecule has 2 heterocycles. The van der Waals surface area contributed by atoms with E-state index in [-0.39, 0.29) is 12.1 Å². The Hall–Kier alpha value is -1.23. The second kappa shape index (κ2) is 6.80. The molecule has 0 radical (unpaired) electrons. The molecule has 0 spiro atoms. The Labute approximate surface area is 119 Å². The molecule has 0 amide bonds. The Balaban J connectivity index is 2.14. The van der Waals surface area contributed by atoms with Gasteiger partial charge in [-0.15, -0.1) is 0 Å². The van der Waals surface area contributed by atoms with Gasteiger partial charge in [-0.05, 0) is 48.0 Å². The number of pyridine rings is 1. The van der Waals surface area contributed by atoms with Crippen LogP contribution in [0.2, 0.25) is 0 Å². The first-order chi connectivity index (χ1) is 9.22. The zero-order valence-corrected chi connectivity index (χ0v) is 12.3. The Morgan fingerprint density at radius 2 is 2.21 bits per heavy atom. The minimum Gasteiger partial charge on any atom is -0.326 e. The number of likely N-dealkylation sites (N-methyl/N-ethyl adjacent to an activating group) is 1. The van der Waals surface area contributed by atoms with E-state index in [9.17, 15) is 0 Å². The van der Waals surface area contributed by atoms with Crippen LogP contribution in [0.15, 0.2) is 41.2 Å². The third kappa shape index (κ3) is 3.62. The van der Waals surface area contributed by atoms with Gasteiger partial charge in [0.2, 0.25) is 0 Å². The Bertz CT molecular complexity index is 469. The largest absolute Gasteiger partial charge is 0.326 e. The van der Waals surface area contributed by atoms with Gasteiger partial charge in [0.15, 0.2) is 0 Å². The predicted molar refractivity (Wildman–Crippen MR) is 81.0 cm³/mol. The van der Waals surface area contributed by atoms with Crippen molar-refractivity contribution >= 4 is 11.3 Å². The van der Waals surface area contributed by atoms with E-state index in [1.165, 1.54) is 5.56 Å². The second-order valence-corrected chi connectivity index (χ2v) is 5.59. The van der Waals surface area contributed by atoms with Gasteiger partial charge in [-0.3, -0.25) is 9.88 Å². The van der Waals surface area contributed by atoms with Crippen molar-refractivity contribution in [3.05, 3.63) is 52.5 Å². The number of aromatic nitrogens is 1. The predicted octanol–water partition coefficient (Wildman–Crippen LogP) is 3.05. The molecule has 0 saturated heterocycles. The third-order valence-electron chi connectivity index (χ3n) is 3.37. The van der Waals surface area contributed by atoms with Crippen LogP contribution in [0.4, 0.5) is 0 Å². The Kier molecular flexibility index (Phi) is 5.07. The number of thiophene rings is 1. The van der Waals surface area contributed by atoms with Gasteiger partial charge in [0, 0.05) is 18.8 Å². The fraction of sp³-hybridized carbons (Fsp3) is 0.400. The minimum absolute atomic E-state index is 0.142. The summed E-state index contributed by atoms with van der Waals surface area (Å²) in [5.41, 5.74) is 8.69. The maximum absolute atomic E-state index is 6.31. The summed E-state index contributed by atoms with van der Waals surface area (Å²) < 4.78 is 0. The molecule has 2 unspecified atom stereocenters. The van der Waals surface area contributed by atoms with Gasteiger partial charge in [0.25, 0.3) is 0 Å². The molecule has 4 heteroatoms. The van der Waals surface area contributed by atoms with Crippen molar-refractivity contribution in [2.75, 3.05) is 7.05 Å². The van der Waals surface area contributed by atoms with Crippen LogP contribution in [0.5, 0.6) is 0 Å². The molecule has 0 bridgehead atoms. The van der Waals surface area contributed by atoms with Crippen LogP contribution in [0.1, 0.15) is 30.6 Å². The zero-order chi connectivity index (χ0) is 13.7. The lowest BCUT2D eigenvalue weighted by Crippen LogP contribution is -2.38. The molecule has 2 aromatic heterocycles. The molecule has 3 nitrogen and oxygen atoms in total. The van der Waals surface area contributed by atoms with Crippen LogP contribution >= 0.6 is 11.3 Å². The number of nitrogens with zero attached hydrogens (tertiary/aromatic N) is 2. The fourth-order valence-corrected chi connectivity index (χ4v) is 3.03. The molecule has 2 aromatic rings. The molecule has 0 saturated carbocycles. The van der Waals surface area contributed by atoms with E-state index in [2.05, 4.69) is 46.7 Å². The van der Waals surface area contributed by atoms with E-state index in [0.29, 0.717) is 0 Å². The van der Waals surface area contributed by atoms with Gasteiger partial charge in [0.05, 0.1) is 11.7 Å². The van der Waals surface area contributed by atoms with Crippen LogP contribution in [0.3, 0.4) is 0 Å². The lowest BCUT2D eigenvalue weighted by Gasteiger charge is -2.31. The minimum atomic E-state index is 0.142. The summed E-state index contributed by atoms with van der Waals surface area (Å²) in [4.78, 5) is 6.68. The summed E-state index contributed by atoms with van der Waals surface area (Å²) in [6, 6.07) is 8.58. The summed E-state index contributed by atoms with van der Waals surface area (Å²) >= 11 is 1.72. The van der Waals surface area contributed by atoms with Crippen molar-refractivity contribution in [1.29, 1.82) is 0 Å². The van der Waals surface area contributed by atoms with E-state index in [0.717, 1.165) is 18.7 Å². The van der Waals surface area contributed by atoms with E-state index >= 15 is 0 Å². The molecule has 2 rings (SSSR count). The van der Waals surface area contributed by atoms with E-state index < -0.39 is 0 Å². The van der Waals surface area contributed by atoms with Crippen molar-refractivity contribution in [3.8, 4) is 0 Å². The van der Waals surface area contributed by atoms with Crippen LogP contribution in [0.25, 0.3) is 0 Å². The highest BCUT2D eigenvalue weighted by atomic mass is 32.1. The van der Waals surface area contributed by atoms with Crippen molar-refractivity contribution in [2.45, 2.75) is 32.0 Å². The number of hydrogen-bond acceptors (Lipinski definition) is 4. The highest BCUT2D eigenvalue weighted by Crippen LogP contribution is 2.26. The summed E-state index contributed by atoms with van der Waals surface area (Å²) in [5, 5.41) is 4.30. The van der Waals surface area contributed by atoms with Gasteiger partial charge < -0.3 is 5.73 Å². The van der Waals surface area contributed by atoms with Gasteiger partial charge in [0.1, 0.15) is 0 Å². The molecule has 2 atom stereocenters. The molecule has 0 aliphatic heterocycles. The SMILES string of the molecule is CCC(N)C(c1ccsc1)N(C)Cc1ccccn1. The first-order valence-corrected chi connectivity index (χ1v) is 7.54. The molecule has 19 heavy (non-hydrogen) atoms. The molecule has 0 aliphatic carbocycles. The lowest BCUT2D eigenvalue weighted by atomic mass is 9.99. The van der Waals surface area contributed by atoms with Gasteiger partial charge >= 0.3 is 0 Å². The summed E-state index contributed by atoms with van der Waals surface area (Å²) in [5.74, 6) is 0. The normalized spacial score (nSPS) is 14.5. The van der Waals surface area contributed by atoms with E-state index in [1.807, 2.05) is 18.3 Å². The fourth-order valence-electron chi connectivity index (χ4n) is 2.34. The average molecular weight is 275 g/mol. The monoisotopic (exact) mass is 275 g/mol. The van der Waals surface area contributed by atoms with Crippen molar-refractivity contribution in [3.63, 3.8) is 0 Å². The maximum atomic E-state index is 6.31. The molecular weight excluding hydrogens is 254 g/mol.